The third kappa shape index (κ3) is 2.84. The van der Waals surface area contributed by atoms with E-state index >= 15 is 0 Å². The standard InChI is InChI=1S/C20H23N3O3/c1-12-8-16-15(10-18(24)26-17(16)9-13(12)2)11-23-6-4-20(5-7-23)19(25)21-14(3)22-20/h8-10H,4-7,11H2,1-3H3,(H,21,22,25). The summed E-state index contributed by atoms with van der Waals surface area (Å²) in [5.74, 6) is 0.729. The number of carbonyl (C=O) groups is 1. The molecule has 2 aliphatic heterocycles. The molecular formula is C20H23N3O3. The fourth-order valence-corrected chi connectivity index (χ4v) is 3.95. The van der Waals surface area contributed by atoms with Crippen molar-refractivity contribution in [1.82, 2.24) is 10.2 Å². The van der Waals surface area contributed by atoms with Gasteiger partial charge in [-0.25, -0.2) is 4.79 Å². The molecule has 3 heterocycles. The van der Waals surface area contributed by atoms with Crippen molar-refractivity contribution in [3.05, 3.63) is 45.3 Å². The van der Waals surface area contributed by atoms with Crippen LogP contribution in [-0.2, 0) is 11.3 Å². The van der Waals surface area contributed by atoms with Crippen molar-refractivity contribution in [3.63, 3.8) is 0 Å². The van der Waals surface area contributed by atoms with Crippen molar-refractivity contribution in [1.29, 1.82) is 0 Å². The van der Waals surface area contributed by atoms with E-state index in [9.17, 15) is 9.59 Å². The number of aliphatic imine (C=N–C) groups is 1. The first-order valence-electron chi connectivity index (χ1n) is 9.01. The molecule has 136 valence electrons. The highest BCUT2D eigenvalue weighted by Crippen LogP contribution is 2.31. The van der Waals surface area contributed by atoms with Gasteiger partial charge in [-0.05, 0) is 62.4 Å². The van der Waals surface area contributed by atoms with E-state index in [4.69, 9.17) is 4.42 Å². The molecule has 1 saturated heterocycles. The first-order valence-corrected chi connectivity index (χ1v) is 9.01. The summed E-state index contributed by atoms with van der Waals surface area (Å²) >= 11 is 0. The Morgan fingerprint density at radius 2 is 1.81 bits per heavy atom. The Morgan fingerprint density at radius 3 is 2.46 bits per heavy atom. The van der Waals surface area contributed by atoms with Gasteiger partial charge in [-0.3, -0.25) is 14.7 Å². The van der Waals surface area contributed by atoms with Gasteiger partial charge in [-0.15, -0.1) is 0 Å². The molecule has 1 spiro atoms. The quantitative estimate of drug-likeness (QED) is 0.841. The molecule has 2 aromatic rings. The zero-order valence-electron chi connectivity index (χ0n) is 15.4. The fraction of sp³-hybridized carbons (Fsp3) is 0.450. The maximum atomic E-state index is 12.2. The van der Waals surface area contributed by atoms with Crippen molar-refractivity contribution < 1.29 is 9.21 Å². The van der Waals surface area contributed by atoms with Gasteiger partial charge in [0.25, 0.3) is 5.91 Å². The van der Waals surface area contributed by atoms with Gasteiger partial charge < -0.3 is 9.73 Å². The highest BCUT2D eigenvalue weighted by atomic mass is 16.4. The van der Waals surface area contributed by atoms with Crippen molar-refractivity contribution in [2.45, 2.75) is 45.7 Å². The highest BCUT2D eigenvalue weighted by Gasteiger charge is 2.44. The number of likely N-dealkylation sites (tertiary alicyclic amines) is 1. The second kappa shape index (κ2) is 6.06. The molecule has 0 atom stereocenters. The lowest BCUT2D eigenvalue weighted by Gasteiger charge is -2.35. The molecule has 4 rings (SSSR count). The lowest BCUT2D eigenvalue weighted by atomic mass is 9.88. The normalized spacial score (nSPS) is 19.8. The third-order valence-electron chi connectivity index (χ3n) is 5.62. The average Bonchev–Trinajstić information content (AvgIpc) is 2.85. The third-order valence-corrected chi connectivity index (χ3v) is 5.62. The first-order chi connectivity index (χ1) is 12.4. The lowest BCUT2D eigenvalue weighted by Crippen LogP contribution is -2.48. The van der Waals surface area contributed by atoms with Crippen LogP contribution in [0, 0.1) is 13.8 Å². The number of amides is 1. The summed E-state index contributed by atoms with van der Waals surface area (Å²) in [6, 6.07) is 5.61. The molecule has 0 radical (unpaired) electrons. The van der Waals surface area contributed by atoms with Gasteiger partial charge >= 0.3 is 5.63 Å². The summed E-state index contributed by atoms with van der Waals surface area (Å²) in [5.41, 5.74) is 2.99. The minimum atomic E-state index is -0.591. The van der Waals surface area contributed by atoms with Crippen LogP contribution in [0.15, 0.2) is 32.4 Å². The number of hydrogen-bond donors (Lipinski definition) is 1. The maximum Gasteiger partial charge on any atom is 0.336 e. The van der Waals surface area contributed by atoms with Crippen LogP contribution in [0.3, 0.4) is 0 Å². The Hall–Kier alpha value is -2.47. The maximum absolute atomic E-state index is 12.2. The number of fused-ring (bicyclic) bond motifs is 1. The number of aryl methyl sites for hydroxylation is 2. The largest absolute Gasteiger partial charge is 0.423 e. The fourth-order valence-electron chi connectivity index (χ4n) is 3.95. The lowest BCUT2D eigenvalue weighted by molar-refractivity contribution is -0.125. The molecule has 1 amide bonds. The molecule has 1 aromatic carbocycles. The Labute approximate surface area is 151 Å². The van der Waals surface area contributed by atoms with E-state index < -0.39 is 5.54 Å². The van der Waals surface area contributed by atoms with Crippen molar-refractivity contribution >= 4 is 22.7 Å². The molecular weight excluding hydrogens is 330 g/mol. The van der Waals surface area contributed by atoms with Crippen LogP contribution in [0.25, 0.3) is 11.0 Å². The summed E-state index contributed by atoms with van der Waals surface area (Å²) in [6.45, 7) is 8.13. The van der Waals surface area contributed by atoms with Crippen molar-refractivity contribution in [2.75, 3.05) is 13.1 Å². The summed E-state index contributed by atoms with van der Waals surface area (Å²) in [5, 5.41) is 3.81. The summed E-state index contributed by atoms with van der Waals surface area (Å²) in [6.07, 6.45) is 1.40. The van der Waals surface area contributed by atoms with Crippen LogP contribution in [0.4, 0.5) is 0 Å². The number of amidine groups is 1. The number of piperidine rings is 1. The molecule has 0 bridgehead atoms. The minimum absolute atomic E-state index is 0.0200. The van der Waals surface area contributed by atoms with E-state index in [2.05, 4.69) is 28.2 Å². The van der Waals surface area contributed by atoms with Gasteiger partial charge in [0.05, 0.1) is 0 Å². The number of rotatable bonds is 2. The van der Waals surface area contributed by atoms with Gasteiger partial charge in [-0.1, -0.05) is 0 Å². The zero-order valence-corrected chi connectivity index (χ0v) is 15.4. The minimum Gasteiger partial charge on any atom is -0.423 e. The van der Waals surface area contributed by atoms with Gasteiger partial charge in [0.15, 0.2) is 0 Å². The van der Waals surface area contributed by atoms with Crippen LogP contribution >= 0.6 is 0 Å². The topological polar surface area (TPSA) is 74.9 Å². The van der Waals surface area contributed by atoms with Crippen molar-refractivity contribution in [2.24, 2.45) is 4.99 Å². The predicted molar refractivity (Wildman–Crippen MR) is 100 cm³/mol. The van der Waals surface area contributed by atoms with Gasteiger partial charge in [0.1, 0.15) is 17.0 Å². The van der Waals surface area contributed by atoms with Crippen LogP contribution in [0.5, 0.6) is 0 Å². The Balaban J connectivity index is 1.58. The van der Waals surface area contributed by atoms with E-state index in [-0.39, 0.29) is 11.5 Å². The Bertz CT molecular complexity index is 982. The summed E-state index contributed by atoms with van der Waals surface area (Å²) in [7, 11) is 0. The number of benzene rings is 1. The number of hydrogen-bond acceptors (Lipinski definition) is 5. The molecule has 0 saturated carbocycles. The van der Waals surface area contributed by atoms with E-state index in [0.29, 0.717) is 30.8 Å². The first kappa shape index (κ1) is 17.0. The van der Waals surface area contributed by atoms with Gasteiger partial charge in [0.2, 0.25) is 0 Å². The highest BCUT2D eigenvalue weighted by molar-refractivity contribution is 6.07. The molecule has 6 heteroatoms. The monoisotopic (exact) mass is 353 g/mol. The molecule has 1 aromatic heterocycles. The smallest absolute Gasteiger partial charge is 0.336 e. The molecule has 2 aliphatic rings. The number of nitrogens with zero attached hydrogens (tertiary/aromatic N) is 2. The van der Waals surface area contributed by atoms with E-state index in [1.54, 1.807) is 6.07 Å². The molecule has 1 fully saturated rings. The van der Waals surface area contributed by atoms with E-state index in [0.717, 1.165) is 29.6 Å². The molecule has 0 aliphatic carbocycles. The van der Waals surface area contributed by atoms with Crippen molar-refractivity contribution in [3.8, 4) is 0 Å². The molecule has 1 N–H and O–H groups in total. The van der Waals surface area contributed by atoms with Gasteiger partial charge in [-0.2, -0.15) is 0 Å². The molecule has 0 unspecified atom stereocenters. The summed E-state index contributed by atoms with van der Waals surface area (Å²) < 4.78 is 5.38. The van der Waals surface area contributed by atoms with Crippen LogP contribution in [-0.4, -0.2) is 35.3 Å². The molecule has 6 nitrogen and oxygen atoms in total. The number of carbonyl (C=O) groups excluding carboxylic acids is 1. The van der Waals surface area contributed by atoms with Crippen LogP contribution < -0.4 is 10.9 Å². The predicted octanol–water partition coefficient (Wildman–Crippen LogP) is 2.29. The second-order valence-electron chi connectivity index (χ2n) is 7.48. The van der Waals surface area contributed by atoms with E-state index in [1.165, 1.54) is 5.56 Å². The number of nitrogens with one attached hydrogen (secondary N) is 1. The van der Waals surface area contributed by atoms with Gasteiger partial charge in [0, 0.05) is 31.1 Å². The summed E-state index contributed by atoms with van der Waals surface area (Å²) in [4.78, 5) is 31.0. The zero-order chi connectivity index (χ0) is 18.5. The Morgan fingerprint density at radius 1 is 1.12 bits per heavy atom. The van der Waals surface area contributed by atoms with Crippen LogP contribution in [0.2, 0.25) is 0 Å². The Kier molecular flexibility index (Phi) is 3.95. The van der Waals surface area contributed by atoms with E-state index in [1.807, 2.05) is 19.9 Å². The second-order valence-corrected chi connectivity index (χ2v) is 7.48. The van der Waals surface area contributed by atoms with Crippen LogP contribution in [0.1, 0.15) is 36.5 Å². The SMILES string of the molecule is CC1=NC2(CCN(Cc3cc(=O)oc4cc(C)c(C)cc34)CC2)C(=O)N1. The molecule has 26 heavy (non-hydrogen) atoms. The average molecular weight is 353 g/mol.